The summed E-state index contributed by atoms with van der Waals surface area (Å²) in [7, 11) is 0. The third-order valence-corrected chi connectivity index (χ3v) is 3.87. The largest absolute Gasteiger partial charge is 0.323 e. The van der Waals surface area contributed by atoms with Crippen molar-refractivity contribution in [2.75, 3.05) is 19.6 Å². The van der Waals surface area contributed by atoms with Gasteiger partial charge in [-0.05, 0) is 36.8 Å². The Balaban J connectivity index is 1.45. The molecule has 0 aromatic carbocycles. The molecule has 1 aliphatic heterocycles. The molecule has 1 aromatic rings. The van der Waals surface area contributed by atoms with Gasteiger partial charge in [0.15, 0.2) is 0 Å². The molecule has 3 heteroatoms. The van der Waals surface area contributed by atoms with Gasteiger partial charge in [-0.1, -0.05) is 6.07 Å². The molecule has 86 valence electrons. The zero-order valence-electron chi connectivity index (χ0n) is 9.60. The summed E-state index contributed by atoms with van der Waals surface area (Å²) in [5, 5.41) is 0. The Labute approximate surface area is 96.7 Å². The van der Waals surface area contributed by atoms with Gasteiger partial charge in [-0.3, -0.25) is 9.88 Å². The van der Waals surface area contributed by atoms with Crippen LogP contribution in [-0.4, -0.2) is 35.1 Å². The molecule has 1 saturated heterocycles. The van der Waals surface area contributed by atoms with Gasteiger partial charge in [0, 0.05) is 37.6 Å². The van der Waals surface area contributed by atoms with Crippen LogP contribution < -0.4 is 5.73 Å². The number of hydrogen-bond donors (Lipinski definition) is 1. The number of nitrogens with zero attached hydrogens (tertiary/aromatic N) is 2. The first-order chi connectivity index (χ1) is 7.76. The molecule has 1 aliphatic carbocycles. The van der Waals surface area contributed by atoms with Crippen LogP contribution in [0.3, 0.4) is 0 Å². The van der Waals surface area contributed by atoms with Crippen molar-refractivity contribution in [2.45, 2.75) is 24.8 Å². The molecule has 3 nitrogen and oxygen atoms in total. The number of rotatable bonds is 4. The Hall–Kier alpha value is -0.930. The molecule has 0 spiro atoms. The summed E-state index contributed by atoms with van der Waals surface area (Å²) < 4.78 is 0. The normalized spacial score (nSPS) is 24.1. The smallest absolute Gasteiger partial charge is 0.0440 e. The van der Waals surface area contributed by atoms with E-state index < -0.39 is 0 Å². The minimum absolute atomic E-state index is 0.162. The summed E-state index contributed by atoms with van der Waals surface area (Å²) in [5.74, 6) is 0.821. The fraction of sp³-hybridized carbons (Fsp3) is 0.615. The lowest BCUT2D eigenvalue weighted by molar-refractivity contribution is 0.0560. The van der Waals surface area contributed by atoms with Crippen LogP contribution in [0.15, 0.2) is 24.5 Å². The van der Waals surface area contributed by atoms with Gasteiger partial charge < -0.3 is 5.73 Å². The molecule has 0 radical (unpaired) electrons. The molecule has 0 bridgehead atoms. The number of pyridine rings is 1. The predicted molar refractivity (Wildman–Crippen MR) is 64.0 cm³/mol. The van der Waals surface area contributed by atoms with Gasteiger partial charge >= 0.3 is 0 Å². The monoisotopic (exact) mass is 217 g/mol. The van der Waals surface area contributed by atoms with Crippen LogP contribution in [0.1, 0.15) is 18.4 Å². The third kappa shape index (κ3) is 1.97. The zero-order valence-corrected chi connectivity index (χ0v) is 9.60. The highest BCUT2D eigenvalue weighted by molar-refractivity contribution is 5.12. The van der Waals surface area contributed by atoms with Crippen LogP contribution in [0.2, 0.25) is 0 Å². The lowest BCUT2D eigenvalue weighted by Gasteiger charge is -2.48. The molecule has 2 fully saturated rings. The summed E-state index contributed by atoms with van der Waals surface area (Å²) >= 11 is 0. The van der Waals surface area contributed by atoms with Gasteiger partial charge in [0.25, 0.3) is 0 Å². The van der Waals surface area contributed by atoms with E-state index in [1.54, 1.807) is 0 Å². The topological polar surface area (TPSA) is 42.1 Å². The number of aromatic nitrogens is 1. The molecule has 16 heavy (non-hydrogen) atoms. The lowest BCUT2D eigenvalue weighted by atomic mass is 9.85. The minimum Gasteiger partial charge on any atom is -0.323 e. The average molecular weight is 217 g/mol. The van der Waals surface area contributed by atoms with E-state index in [0.29, 0.717) is 0 Å². The van der Waals surface area contributed by atoms with Crippen LogP contribution >= 0.6 is 0 Å². The second kappa shape index (κ2) is 3.82. The van der Waals surface area contributed by atoms with Crippen molar-refractivity contribution in [1.82, 2.24) is 9.88 Å². The molecule has 2 N–H and O–H groups in total. The standard InChI is InChI=1S/C13H19N3/c14-13(12-3-4-12)9-16(10-13)7-5-11-2-1-6-15-8-11/h1-2,6,8,12H,3-5,7,9-10,14H2. The molecule has 0 atom stereocenters. The highest BCUT2D eigenvalue weighted by Gasteiger charge is 2.49. The Bertz CT molecular complexity index is 353. The quantitative estimate of drug-likeness (QED) is 0.819. The zero-order chi connectivity index (χ0) is 11.0. The van der Waals surface area contributed by atoms with Crippen molar-refractivity contribution in [3.05, 3.63) is 30.1 Å². The summed E-state index contributed by atoms with van der Waals surface area (Å²) in [6.45, 7) is 3.31. The van der Waals surface area contributed by atoms with Gasteiger partial charge in [-0.25, -0.2) is 0 Å². The molecule has 1 aromatic heterocycles. The van der Waals surface area contributed by atoms with Crippen LogP contribution in [0.5, 0.6) is 0 Å². The maximum absolute atomic E-state index is 6.31. The fourth-order valence-electron chi connectivity index (χ4n) is 2.69. The summed E-state index contributed by atoms with van der Waals surface area (Å²) in [6, 6.07) is 4.15. The van der Waals surface area contributed by atoms with E-state index >= 15 is 0 Å². The Morgan fingerprint density at radius 2 is 2.25 bits per heavy atom. The van der Waals surface area contributed by atoms with E-state index in [1.807, 2.05) is 18.5 Å². The van der Waals surface area contributed by atoms with Crippen molar-refractivity contribution >= 4 is 0 Å². The second-order valence-electron chi connectivity index (χ2n) is 5.33. The van der Waals surface area contributed by atoms with Crippen molar-refractivity contribution in [3.8, 4) is 0 Å². The molecule has 2 heterocycles. The van der Waals surface area contributed by atoms with Crippen LogP contribution in [0, 0.1) is 5.92 Å². The van der Waals surface area contributed by atoms with Gasteiger partial charge in [0.1, 0.15) is 0 Å². The first-order valence-electron chi connectivity index (χ1n) is 6.16. The minimum atomic E-state index is 0.162. The van der Waals surface area contributed by atoms with Crippen molar-refractivity contribution in [1.29, 1.82) is 0 Å². The van der Waals surface area contributed by atoms with Gasteiger partial charge in [-0.2, -0.15) is 0 Å². The highest BCUT2D eigenvalue weighted by atomic mass is 15.3. The van der Waals surface area contributed by atoms with Gasteiger partial charge in [0.05, 0.1) is 0 Å². The van der Waals surface area contributed by atoms with Crippen molar-refractivity contribution < 1.29 is 0 Å². The maximum Gasteiger partial charge on any atom is 0.0440 e. The third-order valence-electron chi connectivity index (χ3n) is 3.87. The van der Waals surface area contributed by atoms with Crippen molar-refractivity contribution in [3.63, 3.8) is 0 Å². The molecule has 1 saturated carbocycles. The Kier molecular flexibility index (Phi) is 2.45. The lowest BCUT2D eigenvalue weighted by Crippen LogP contribution is -2.68. The van der Waals surface area contributed by atoms with E-state index in [0.717, 1.165) is 32.0 Å². The average Bonchev–Trinajstić information content (AvgIpc) is 3.08. The Morgan fingerprint density at radius 3 is 2.88 bits per heavy atom. The number of hydrogen-bond acceptors (Lipinski definition) is 3. The fourth-order valence-corrected chi connectivity index (χ4v) is 2.69. The maximum atomic E-state index is 6.31. The van der Waals surface area contributed by atoms with Crippen LogP contribution in [0.25, 0.3) is 0 Å². The van der Waals surface area contributed by atoms with Crippen molar-refractivity contribution in [2.24, 2.45) is 11.7 Å². The second-order valence-corrected chi connectivity index (χ2v) is 5.33. The van der Waals surface area contributed by atoms with E-state index in [-0.39, 0.29) is 5.54 Å². The van der Waals surface area contributed by atoms with E-state index in [2.05, 4.69) is 16.0 Å². The summed E-state index contributed by atoms with van der Waals surface area (Å²) in [4.78, 5) is 6.59. The SMILES string of the molecule is NC1(C2CC2)CN(CCc2cccnc2)C1. The molecule has 0 amide bonds. The van der Waals surface area contributed by atoms with E-state index in [1.165, 1.54) is 18.4 Å². The van der Waals surface area contributed by atoms with Gasteiger partial charge in [0.2, 0.25) is 0 Å². The summed E-state index contributed by atoms with van der Waals surface area (Å²) in [5.41, 5.74) is 7.80. The molecule has 2 aliphatic rings. The van der Waals surface area contributed by atoms with Gasteiger partial charge in [-0.15, -0.1) is 0 Å². The number of likely N-dealkylation sites (tertiary alicyclic amines) is 1. The molecule has 0 unspecified atom stereocenters. The Morgan fingerprint density at radius 1 is 1.44 bits per heavy atom. The molecular weight excluding hydrogens is 198 g/mol. The first kappa shape index (κ1) is 10.2. The van der Waals surface area contributed by atoms with E-state index in [9.17, 15) is 0 Å². The summed E-state index contributed by atoms with van der Waals surface area (Å²) in [6.07, 6.45) is 7.58. The highest BCUT2D eigenvalue weighted by Crippen LogP contribution is 2.42. The van der Waals surface area contributed by atoms with Crippen LogP contribution in [0.4, 0.5) is 0 Å². The molecular formula is C13H19N3. The first-order valence-corrected chi connectivity index (χ1v) is 6.16. The van der Waals surface area contributed by atoms with E-state index in [4.69, 9.17) is 5.73 Å². The predicted octanol–water partition coefficient (Wildman–Crippen LogP) is 1.05. The number of nitrogens with two attached hydrogens (primary N) is 1. The van der Waals surface area contributed by atoms with Crippen LogP contribution in [-0.2, 0) is 6.42 Å². The molecule has 3 rings (SSSR count).